The number of benzene rings is 1. The van der Waals surface area contributed by atoms with Crippen LogP contribution in [0.3, 0.4) is 0 Å². The van der Waals surface area contributed by atoms with Gasteiger partial charge in [-0.05, 0) is 17.7 Å². The van der Waals surface area contributed by atoms with Crippen molar-refractivity contribution >= 4 is 0 Å². The molecule has 0 bridgehead atoms. The fourth-order valence-corrected chi connectivity index (χ4v) is 1.73. The second kappa shape index (κ2) is 6.35. The van der Waals surface area contributed by atoms with Gasteiger partial charge in [0, 0.05) is 6.54 Å². The van der Waals surface area contributed by atoms with Crippen LogP contribution in [0.2, 0.25) is 0 Å². The molecule has 4 nitrogen and oxygen atoms in total. The van der Waals surface area contributed by atoms with Crippen LogP contribution in [0.5, 0.6) is 0 Å². The van der Waals surface area contributed by atoms with Gasteiger partial charge in [-0.3, -0.25) is 0 Å². The smallest absolute Gasteiger partial charge is 0.129 e. The molecule has 0 aliphatic heterocycles. The SMILES string of the molecule is OCc1ccc(CNCC(O)c2ccccc2)o1. The Morgan fingerprint density at radius 1 is 1.06 bits per heavy atom. The van der Waals surface area contributed by atoms with Crippen LogP contribution >= 0.6 is 0 Å². The van der Waals surface area contributed by atoms with Crippen LogP contribution in [0, 0.1) is 0 Å². The van der Waals surface area contributed by atoms with Crippen molar-refractivity contribution in [2.45, 2.75) is 19.3 Å². The molecular weight excluding hydrogens is 230 g/mol. The number of aliphatic hydroxyl groups is 2. The van der Waals surface area contributed by atoms with Crippen LogP contribution in [0.4, 0.5) is 0 Å². The Labute approximate surface area is 106 Å². The lowest BCUT2D eigenvalue weighted by molar-refractivity contribution is 0.173. The van der Waals surface area contributed by atoms with Gasteiger partial charge in [-0.15, -0.1) is 0 Å². The highest BCUT2D eigenvalue weighted by atomic mass is 16.4. The van der Waals surface area contributed by atoms with Crippen LogP contribution in [0.1, 0.15) is 23.2 Å². The molecule has 0 amide bonds. The van der Waals surface area contributed by atoms with Gasteiger partial charge in [0.05, 0.1) is 12.6 Å². The molecule has 1 atom stereocenters. The number of nitrogens with one attached hydrogen (secondary N) is 1. The molecule has 2 aromatic rings. The zero-order valence-electron chi connectivity index (χ0n) is 10.0. The van der Waals surface area contributed by atoms with Crippen molar-refractivity contribution in [2.24, 2.45) is 0 Å². The Balaban J connectivity index is 1.78. The summed E-state index contributed by atoms with van der Waals surface area (Å²) in [6.45, 7) is 0.899. The van der Waals surface area contributed by atoms with Crippen molar-refractivity contribution < 1.29 is 14.6 Å². The van der Waals surface area contributed by atoms with Crippen molar-refractivity contribution in [3.63, 3.8) is 0 Å². The molecule has 2 rings (SSSR count). The Morgan fingerprint density at radius 2 is 1.78 bits per heavy atom. The summed E-state index contributed by atoms with van der Waals surface area (Å²) in [5.74, 6) is 1.30. The van der Waals surface area contributed by atoms with Crippen molar-refractivity contribution in [1.82, 2.24) is 5.32 Å². The number of furan rings is 1. The van der Waals surface area contributed by atoms with Gasteiger partial charge in [0.25, 0.3) is 0 Å². The second-order valence-corrected chi connectivity index (χ2v) is 4.08. The summed E-state index contributed by atoms with van der Waals surface area (Å²) in [6.07, 6.45) is -0.529. The van der Waals surface area contributed by atoms with Crippen LogP contribution in [-0.2, 0) is 13.2 Å². The largest absolute Gasteiger partial charge is 0.462 e. The molecule has 18 heavy (non-hydrogen) atoms. The van der Waals surface area contributed by atoms with Crippen LogP contribution in [-0.4, -0.2) is 16.8 Å². The summed E-state index contributed by atoms with van der Waals surface area (Å²) in [5, 5.41) is 21.9. The summed E-state index contributed by atoms with van der Waals surface area (Å²) >= 11 is 0. The monoisotopic (exact) mass is 247 g/mol. The van der Waals surface area contributed by atoms with E-state index in [2.05, 4.69) is 5.32 Å². The number of hydrogen-bond acceptors (Lipinski definition) is 4. The van der Waals surface area contributed by atoms with Crippen molar-refractivity contribution in [2.75, 3.05) is 6.54 Å². The molecule has 0 aliphatic rings. The van der Waals surface area contributed by atoms with E-state index in [9.17, 15) is 5.11 Å². The molecule has 0 saturated carbocycles. The van der Waals surface area contributed by atoms with Gasteiger partial charge >= 0.3 is 0 Å². The predicted molar refractivity (Wildman–Crippen MR) is 67.7 cm³/mol. The molecule has 0 saturated heterocycles. The average Bonchev–Trinajstić information content (AvgIpc) is 2.87. The van der Waals surface area contributed by atoms with Crippen LogP contribution < -0.4 is 5.32 Å². The van der Waals surface area contributed by atoms with Crippen LogP contribution in [0.15, 0.2) is 46.9 Å². The molecule has 0 fully saturated rings. The molecule has 0 aliphatic carbocycles. The Bertz CT molecular complexity index is 467. The lowest BCUT2D eigenvalue weighted by Gasteiger charge is -2.11. The Hall–Kier alpha value is -1.62. The van der Waals surface area contributed by atoms with Gasteiger partial charge in [0.15, 0.2) is 0 Å². The van der Waals surface area contributed by atoms with Crippen LogP contribution in [0.25, 0.3) is 0 Å². The van der Waals surface area contributed by atoms with E-state index in [1.165, 1.54) is 0 Å². The zero-order chi connectivity index (χ0) is 12.8. The highest BCUT2D eigenvalue weighted by molar-refractivity contribution is 5.17. The minimum absolute atomic E-state index is 0.0906. The van der Waals surface area contributed by atoms with E-state index in [0.29, 0.717) is 18.8 Å². The molecule has 1 unspecified atom stereocenters. The first kappa shape index (κ1) is 12.8. The summed E-state index contributed by atoms with van der Waals surface area (Å²) in [7, 11) is 0. The van der Waals surface area contributed by atoms with Gasteiger partial charge in [-0.25, -0.2) is 0 Å². The molecule has 1 heterocycles. The third kappa shape index (κ3) is 3.43. The third-order valence-corrected chi connectivity index (χ3v) is 2.69. The minimum Gasteiger partial charge on any atom is -0.462 e. The Morgan fingerprint density at radius 3 is 2.44 bits per heavy atom. The van der Waals surface area contributed by atoms with E-state index in [1.54, 1.807) is 6.07 Å². The fraction of sp³-hybridized carbons (Fsp3) is 0.286. The summed E-state index contributed by atoms with van der Waals surface area (Å²) < 4.78 is 5.33. The quantitative estimate of drug-likeness (QED) is 0.725. The topological polar surface area (TPSA) is 65.6 Å². The third-order valence-electron chi connectivity index (χ3n) is 2.69. The van der Waals surface area contributed by atoms with E-state index < -0.39 is 6.10 Å². The molecule has 4 heteroatoms. The zero-order valence-corrected chi connectivity index (χ0v) is 10.0. The van der Waals surface area contributed by atoms with Gasteiger partial charge < -0.3 is 19.9 Å². The molecule has 1 aromatic carbocycles. The van der Waals surface area contributed by atoms with Crippen molar-refractivity contribution in [1.29, 1.82) is 0 Å². The lowest BCUT2D eigenvalue weighted by Crippen LogP contribution is -2.20. The predicted octanol–water partition coefficient (Wildman–Crippen LogP) is 1.60. The summed E-state index contributed by atoms with van der Waals surface area (Å²) in [5.41, 5.74) is 0.889. The molecular formula is C14H17NO3. The van der Waals surface area contributed by atoms with E-state index in [1.807, 2.05) is 36.4 Å². The van der Waals surface area contributed by atoms with E-state index >= 15 is 0 Å². The fourth-order valence-electron chi connectivity index (χ4n) is 1.73. The standard InChI is InChI=1S/C14H17NO3/c16-10-13-7-6-12(18-13)8-15-9-14(17)11-4-2-1-3-5-11/h1-7,14-17H,8-10H2. The highest BCUT2D eigenvalue weighted by Crippen LogP contribution is 2.11. The first-order chi connectivity index (χ1) is 8.79. The summed E-state index contributed by atoms with van der Waals surface area (Å²) in [6, 6.07) is 13.1. The van der Waals surface area contributed by atoms with E-state index in [-0.39, 0.29) is 6.61 Å². The molecule has 1 aromatic heterocycles. The average molecular weight is 247 g/mol. The van der Waals surface area contributed by atoms with Gasteiger partial charge in [0.1, 0.15) is 18.1 Å². The highest BCUT2D eigenvalue weighted by Gasteiger charge is 2.07. The maximum absolute atomic E-state index is 9.92. The van der Waals surface area contributed by atoms with E-state index in [0.717, 1.165) is 11.3 Å². The maximum atomic E-state index is 9.92. The number of rotatable bonds is 6. The van der Waals surface area contributed by atoms with Gasteiger partial charge in [0.2, 0.25) is 0 Å². The lowest BCUT2D eigenvalue weighted by atomic mass is 10.1. The number of hydrogen-bond donors (Lipinski definition) is 3. The Kier molecular flexibility index (Phi) is 4.52. The number of aliphatic hydroxyl groups excluding tert-OH is 2. The molecule has 0 radical (unpaired) electrons. The first-order valence-electron chi connectivity index (χ1n) is 5.92. The molecule has 0 spiro atoms. The normalized spacial score (nSPS) is 12.6. The van der Waals surface area contributed by atoms with Gasteiger partial charge in [-0.2, -0.15) is 0 Å². The summed E-state index contributed by atoms with van der Waals surface area (Å²) in [4.78, 5) is 0. The van der Waals surface area contributed by atoms with Crippen molar-refractivity contribution in [3.05, 3.63) is 59.5 Å². The van der Waals surface area contributed by atoms with Crippen molar-refractivity contribution in [3.8, 4) is 0 Å². The van der Waals surface area contributed by atoms with Gasteiger partial charge in [-0.1, -0.05) is 30.3 Å². The molecule has 3 N–H and O–H groups in total. The second-order valence-electron chi connectivity index (χ2n) is 4.08. The van der Waals surface area contributed by atoms with E-state index in [4.69, 9.17) is 9.52 Å². The molecule has 96 valence electrons. The minimum atomic E-state index is -0.529. The maximum Gasteiger partial charge on any atom is 0.129 e. The first-order valence-corrected chi connectivity index (χ1v) is 5.92.